The molecule has 0 saturated carbocycles. The van der Waals surface area contributed by atoms with Gasteiger partial charge in [0, 0.05) is 6.04 Å². The molecule has 2 N–H and O–H groups in total. The summed E-state index contributed by atoms with van der Waals surface area (Å²) in [5, 5.41) is 2.76. The second kappa shape index (κ2) is 9.01. The first-order chi connectivity index (χ1) is 12.7. The number of sulfonamides is 1. The minimum Gasteiger partial charge on any atom is -0.491 e. The van der Waals surface area contributed by atoms with Crippen LogP contribution in [0.5, 0.6) is 5.75 Å². The van der Waals surface area contributed by atoms with Crippen molar-refractivity contribution in [1.82, 2.24) is 10.0 Å². The van der Waals surface area contributed by atoms with E-state index in [1.165, 1.54) is 12.1 Å². The highest BCUT2D eigenvalue weighted by atomic mass is 32.2. The fourth-order valence-electron chi connectivity index (χ4n) is 2.48. The maximum absolute atomic E-state index is 12.8. The van der Waals surface area contributed by atoms with Crippen LogP contribution in [0.2, 0.25) is 0 Å². The predicted molar refractivity (Wildman–Crippen MR) is 105 cm³/mol. The van der Waals surface area contributed by atoms with E-state index in [9.17, 15) is 13.2 Å². The number of hydrogen-bond donors (Lipinski definition) is 2. The third kappa shape index (κ3) is 6.08. The normalized spacial score (nSPS) is 12.8. The molecule has 2 aromatic rings. The molecule has 0 unspecified atom stereocenters. The van der Waals surface area contributed by atoms with Gasteiger partial charge in [-0.25, -0.2) is 8.42 Å². The quantitative estimate of drug-likeness (QED) is 0.726. The predicted octanol–water partition coefficient (Wildman–Crippen LogP) is 3.02. The molecule has 0 radical (unpaired) electrons. The van der Waals surface area contributed by atoms with Gasteiger partial charge in [0.25, 0.3) is 0 Å². The highest BCUT2D eigenvalue weighted by Crippen LogP contribution is 2.21. The Morgan fingerprint density at radius 1 is 0.926 bits per heavy atom. The molecule has 0 aliphatic heterocycles. The molecule has 0 aliphatic rings. The molecule has 0 aromatic heterocycles. The Hall–Kier alpha value is -2.38. The molecule has 0 bridgehead atoms. The van der Waals surface area contributed by atoms with Crippen LogP contribution in [-0.4, -0.2) is 26.5 Å². The molecule has 1 amide bonds. The molecule has 1 atom stereocenters. The van der Waals surface area contributed by atoms with E-state index < -0.39 is 22.0 Å². The Labute approximate surface area is 161 Å². The van der Waals surface area contributed by atoms with Gasteiger partial charge in [-0.05, 0) is 57.5 Å². The van der Waals surface area contributed by atoms with Crippen molar-refractivity contribution in [3.63, 3.8) is 0 Å². The molecular formula is C20H26N2O4S. The number of carbonyl (C=O) groups is 1. The van der Waals surface area contributed by atoms with E-state index >= 15 is 0 Å². The van der Waals surface area contributed by atoms with Crippen LogP contribution in [0, 0.1) is 0 Å². The standard InChI is InChI=1S/C20H26N2O4S/c1-14(2)21-20(23)19(16-8-6-5-7-9-16)22-27(24,25)18-12-10-17(11-13-18)26-15(3)4/h5-15,19,22H,1-4H3,(H,21,23)/t19-/m0/s1. The topological polar surface area (TPSA) is 84.5 Å². The molecule has 0 spiro atoms. The van der Waals surface area contributed by atoms with Crippen LogP contribution in [0.4, 0.5) is 0 Å². The van der Waals surface area contributed by atoms with Gasteiger partial charge in [-0.3, -0.25) is 4.79 Å². The minimum atomic E-state index is -3.90. The number of nitrogens with one attached hydrogen (secondary N) is 2. The Morgan fingerprint density at radius 3 is 2.04 bits per heavy atom. The van der Waals surface area contributed by atoms with Crippen molar-refractivity contribution in [2.24, 2.45) is 0 Å². The van der Waals surface area contributed by atoms with Crippen LogP contribution < -0.4 is 14.8 Å². The van der Waals surface area contributed by atoms with Gasteiger partial charge < -0.3 is 10.1 Å². The highest BCUT2D eigenvalue weighted by molar-refractivity contribution is 7.89. The number of amides is 1. The maximum Gasteiger partial charge on any atom is 0.242 e. The van der Waals surface area contributed by atoms with Crippen molar-refractivity contribution >= 4 is 15.9 Å². The second-order valence-electron chi connectivity index (χ2n) is 6.77. The molecule has 6 nitrogen and oxygen atoms in total. The summed E-state index contributed by atoms with van der Waals surface area (Å²) in [5.41, 5.74) is 0.569. The van der Waals surface area contributed by atoms with E-state index in [2.05, 4.69) is 10.0 Å². The van der Waals surface area contributed by atoms with E-state index in [1.807, 2.05) is 33.8 Å². The molecule has 0 saturated heterocycles. The first-order valence-corrected chi connectivity index (χ1v) is 10.3. The summed E-state index contributed by atoms with van der Waals surface area (Å²) in [6, 6.07) is 13.7. The van der Waals surface area contributed by atoms with Crippen molar-refractivity contribution in [2.45, 2.75) is 50.8 Å². The monoisotopic (exact) mass is 390 g/mol. The van der Waals surface area contributed by atoms with Gasteiger partial charge in [0.1, 0.15) is 11.8 Å². The lowest BCUT2D eigenvalue weighted by molar-refractivity contribution is -0.123. The zero-order chi connectivity index (χ0) is 20.0. The number of ether oxygens (including phenoxy) is 1. The van der Waals surface area contributed by atoms with E-state index in [0.717, 1.165) is 0 Å². The van der Waals surface area contributed by atoms with Crippen molar-refractivity contribution in [3.05, 3.63) is 60.2 Å². The van der Waals surface area contributed by atoms with E-state index in [0.29, 0.717) is 11.3 Å². The molecule has 2 rings (SSSR count). The van der Waals surface area contributed by atoms with Gasteiger partial charge in [0.2, 0.25) is 15.9 Å². The van der Waals surface area contributed by atoms with Gasteiger partial charge in [-0.15, -0.1) is 0 Å². The summed E-state index contributed by atoms with van der Waals surface area (Å²) >= 11 is 0. The lowest BCUT2D eigenvalue weighted by Crippen LogP contribution is -2.42. The second-order valence-corrected chi connectivity index (χ2v) is 8.48. The summed E-state index contributed by atoms with van der Waals surface area (Å²) in [7, 11) is -3.90. The van der Waals surface area contributed by atoms with Crippen molar-refractivity contribution in [3.8, 4) is 5.75 Å². The summed E-state index contributed by atoms with van der Waals surface area (Å²) in [6.07, 6.45) is -0.00669. The van der Waals surface area contributed by atoms with Crippen molar-refractivity contribution in [2.75, 3.05) is 0 Å². The summed E-state index contributed by atoms with van der Waals surface area (Å²) in [6.45, 7) is 7.43. The lowest BCUT2D eigenvalue weighted by Gasteiger charge is -2.20. The van der Waals surface area contributed by atoms with Crippen LogP contribution >= 0.6 is 0 Å². The van der Waals surface area contributed by atoms with Gasteiger partial charge in [-0.2, -0.15) is 4.72 Å². The van der Waals surface area contributed by atoms with Crippen molar-refractivity contribution in [1.29, 1.82) is 0 Å². The Kier molecular flexibility index (Phi) is 6.98. The van der Waals surface area contributed by atoms with Crippen LogP contribution in [-0.2, 0) is 14.8 Å². The SMILES string of the molecule is CC(C)NC(=O)[C@@H](NS(=O)(=O)c1ccc(OC(C)C)cc1)c1ccccc1. The smallest absolute Gasteiger partial charge is 0.242 e. The Bertz CT molecular complexity index is 847. The highest BCUT2D eigenvalue weighted by Gasteiger charge is 2.27. The Morgan fingerprint density at radius 2 is 1.52 bits per heavy atom. The summed E-state index contributed by atoms with van der Waals surface area (Å²) in [4.78, 5) is 12.6. The van der Waals surface area contributed by atoms with Crippen LogP contribution in [0.15, 0.2) is 59.5 Å². The zero-order valence-electron chi connectivity index (χ0n) is 16.0. The molecule has 146 valence electrons. The van der Waals surface area contributed by atoms with Gasteiger partial charge >= 0.3 is 0 Å². The summed E-state index contributed by atoms with van der Waals surface area (Å²) in [5.74, 6) is 0.181. The largest absolute Gasteiger partial charge is 0.491 e. The molecule has 27 heavy (non-hydrogen) atoms. The van der Waals surface area contributed by atoms with Crippen LogP contribution in [0.1, 0.15) is 39.3 Å². The van der Waals surface area contributed by atoms with E-state index in [-0.39, 0.29) is 17.0 Å². The third-order valence-electron chi connectivity index (χ3n) is 3.60. The van der Waals surface area contributed by atoms with Crippen molar-refractivity contribution < 1.29 is 17.9 Å². The summed E-state index contributed by atoms with van der Waals surface area (Å²) < 4.78 is 33.7. The number of hydrogen-bond acceptors (Lipinski definition) is 4. The Balaban J connectivity index is 2.28. The minimum absolute atomic E-state index is 0.00669. The fraction of sp³-hybridized carbons (Fsp3) is 0.350. The van der Waals surface area contributed by atoms with Gasteiger partial charge in [-0.1, -0.05) is 30.3 Å². The average molecular weight is 391 g/mol. The molecule has 0 aliphatic carbocycles. The van der Waals surface area contributed by atoms with Gasteiger partial charge in [0.05, 0.1) is 11.0 Å². The molecule has 0 fully saturated rings. The average Bonchev–Trinajstić information content (AvgIpc) is 2.60. The number of benzene rings is 2. The molecule has 7 heteroatoms. The van der Waals surface area contributed by atoms with Crippen LogP contribution in [0.3, 0.4) is 0 Å². The maximum atomic E-state index is 12.8. The zero-order valence-corrected chi connectivity index (χ0v) is 16.8. The lowest BCUT2D eigenvalue weighted by atomic mass is 10.1. The van der Waals surface area contributed by atoms with Gasteiger partial charge in [0.15, 0.2) is 0 Å². The molecule has 2 aromatic carbocycles. The number of rotatable bonds is 8. The first-order valence-electron chi connectivity index (χ1n) is 8.83. The first kappa shape index (κ1) is 20.9. The van der Waals surface area contributed by atoms with E-state index in [4.69, 9.17) is 4.74 Å². The fourth-order valence-corrected chi connectivity index (χ4v) is 3.66. The third-order valence-corrected chi connectivity index (χ3v) is 5.04. The van der Waals surface area contributed by atoms with Crippen LogP contribution in [0.25, 0.3) is 0 Å². The van der Waals surface area contributed by atoms with E-state index in [1.54, 1.807) is 36.4 Å². The molecular weight excluding hydrogens is 364 g/mol. The molecule has 0 heterocycles. The number of carbonyl (C=O) groups excluding carboxylic acids is 1.